The van der Waals surface area contributed by atoms with Crippen molar-refractivity contribution in [1.82, 2.24) is 19.4 Å². The summed E-state index contributed by atoms with van der Waals surface area (Å²) in [5, 5.41) is 0. The molecule has 3 heterocycles. The summed E-state index contributed by atoms with van der Waals surface area (Å²) in [5.74, 6) is 0.382. The molecule has 0 unspecified atom stereocenters. The van der Waals surface area contributed by atoms with Crippen LogP contribution in [0, 0.1) is 6.92 Å². The van der Waals surface area contributed by atoms with E-state index in [-0.39, 0.29) is 17.5 Å². The van der Waals surface area contributed by atoms with Gasteiger partial charge in [-0.2, -0.15) is 0 Å². The highest BCUT2D eigenvalue weighted by molar-refractivity contribution is 7.91. The first kappa shape index (κ1) is 19.0. The normalized spacial score (nSPS) is 18.0. The molecule has 8 heteroatoms. The summed E-state index contributed by atoms with van der Waals surface area (Å²) in [7, 11) is -2.96. The van der Waals surface area contributed by atoms with Crippen LogP contribution in [0.15, 0.2) is 30.7 Å². The van der Waals surface area contributed by atoms with Crippen LogP contribution in [0.5, 0.6) is 0 Å². The third kappa shape index (κ3) is 4.90. The van der Waals surface area contributed by atoms with Gasteiger partial charge in [0.1, 0.15) is 0 Å². The van der Waals surface area contributed by atoms with E-state index < -0.39 is 9.84 Å². The van der Waals surface area contributed by atoms with Crippen LogP contribution >= 0.6 is 0 Å². The fourth-order valence-corrected chi connectivity index (χ4v) is 3.98. The number of sulfone groups is 1. The lowest BCUT2D eigenvalue weighted by Gasteiger charge is -2.34. The fraction of sp³-hybridized carbons (Fsp3) is 0.556. The van der Waals surface area contributed by atoms with E-state index in [1.54, 1.807) is 6.92 Å². The standard InChI is InChI=1S/C18H26N4O3S/c1-3-26(23,24)8-7-21-10-17-9-19-14-22(17)18(11-21)13-25-12-16-6-4-5-15(2)20-16/h4-6,9,14,18H,3,7-8,10-13H2,1-2H3/t18-/m1/s1. The highest BCUT2D eigenvalue weighted by Crippen LogP contribution is 2.21. The van der Waals surface area contributed by atoms with Crippen LogP contribution in [-0.2, 0) is 27.7 Å². The van der Waals surface area contributed by atoms with E-state index in [2.05, 4.69) is 19.4 Å². The van der Waals surface area contributed by atoms with E-state index in [1.165, 1.54) is 0 Å². The molecule has 0 saturated heterocycles. The molecule has 2 aromatic rings. The molecule has 0 radical (unpaired) electrons. The molecule has 0 saturated carbocycles. The van der Waals surface area contributed by atoms with Gasteiger partial charge in [0.05, 0.1) is 42.7 Å². The highest BCUT2D eigenvalue weighted by atomic mass is 32.2. The van der Waals surface area contributed by atoms with Gasteiger partial charge in [-0.25, -0.2) is 13.4 Å². The average molecular weight is 378 g/mol. The van der Waals surface area contributed by atoms with Crippen LogP contribution in [0.4, 0.5) is 0 Å². The van der Waals surface area contributed by atoms with Crippen molar-refractivity contribution in [3.05, 3.63) is 47.8 Å². The lowest BCUT2D eigenvalue weighted by Crippen LogP contribution is -2.41. The number of fused-ring (bicyclic) bond motifs is 1. The SMILES string of the molecule is CCS(=O)(=O)CCN1Cc2cncn2[C@@H](COCc2cccc(C)n2)C1. The van der Waals surface area contributed by atoms with Crippen LogP contribution < -0.4 is 0 Å². The molecule has 2 aromatic heterocycles. The number of ether oxygens (including phenoxy) is 1. The maximum atomic E-state index is 11.8. The Balaban J connectivity index is 1.59. The summed E-state index contributed by atoms with van der Waals surface area (Å²) in [4.78, 5) is 10.9. The summed E-state index contributed by atoms with van der Waals surface area (Å²) in [6.45, 7) is 6.67. The molecule has 0 spiro atoms. The molecule has 1 aliphatic heterocycles. The number of rotatable bonds is 8. The minimum absolute atomic E-state index is 0.121. The maximum Gasteiger partial charge on any atom is 0.151 e. The number of imidazole rings is 1. The van der Waals surface area contributed by atoms with Crippen molar-refractivity contribution >= 4 is 9.84 Å². The molecule has 7 nitrogen and oxygen atoms in total. The first-order valence-electron chi connectivity index (χ1n) is 8.90. The molecule has 0 N–H and O–H groups in total. The number of hydrogen-bond acceptors (Lipinski definition) is 6. The third-order valence-corrected chi connectivity index (χ3v) is 6.34. The van der Waals surface area contributed by atoms with E-state index in [0.717, 1.165) is 30.2 Å². The summed E-state index contributed by atoms with van der Waals surface area (Å²) >= 11 is 0. The zero-order chi connectivity index (χ0) is 18.6. The summed E-state index contributed by atoms with van der Waals surface area (Å²) in [5.41, 5.74) is 2.98. The van der Waals surface area contributed by atoms with Crippen LogP contribution in [0.1, 0.15) is 30.0 Å². The van der Waals surface area contributed by atoms with Gasteiger partial charge in [-0.3, -0.25) is 9.88 Å². The molecular formula is C18H26N4O3S. The van der Waals surface area contributed by atoms with E-state index in [1.807, 2.05) is 37.6 Å². The minimum atomic E-state index is -2.96. The molecule has 0 amide bonds. The van der Waals surface area contributed by atoms with E-state index in [9.17, 15) is 8.42 Å². The van der Waals surface area contributed by atoms with Gasteiger partial charge in [0.2, 0.25) is 0 Å². The van der Waals surface area contributed by atoms with Crippen LogP contribution in [0.3, 0.4) is 0 Å². The fourth-order valence-electron chi connectivity index (χ4n) is 3.16. The van der Waals surface area contributed by atoms with Crippen molar-refractivity contribution in [3.8, 4) is 0 Å². The lowest BCUT2D eigenvalue weighted by atomic mass is 10.2. The average Bonchev–Trinajstić information content (AvgIpc) is 3.09. The topological polar surface area (TPSA) is 77.3 Å². The Labute approximate surface area is 154 Å². The van der Waals surface area contributed by atoms with Crippen LogP contribution in [0.25, 0.3) is 0 Å². The summed E-state index contributed by atoms with van der Waals surface area (Å²) in [6.07, 6.45) is 3.67. The zero-order valence-electron chi connectivity index (χ0n) is 15.3. The number of aryl methyl sites for hydroxylation is 1. The molecule has 26 heavy (non-hydrogen) atoms. The number of pyridine rings is 1. The Morgan fingerprint density at radius 1 is 1.35 bits per heavy atom. The van der Waals surface area contributed by atoms with Crippen molar-refractivity contribution in [2.75, 3.05) is 31.2 Å². The molecule has 0 bridgehead atoms. The molecule has 1 aliphatic rings. The Bertz CT molecular complexity index is 834. The van der Waals surface area contributed by atoms with Crippen molar-refractivity contribution < 1.29 is 13.2 Å². The van der Waals surface area contributed by atoms with Gasteiger partial charge in [0.25, 0.3) is 0 Å². The van der Waals surface area contributed by atoms with Crippen molar-refractivity contribution in [2.45, 2.75) is 33.0 Å². The Morgan fingerprint density at radius 2 is 2.19 bits per heavy atom. The first-order chi connectivity index (χ1) is 12.5. The van der Waals surface area contributed by atoms with E-state index in [0.29, 0.717) is 19.8 Å². The molecule has 0 fully saturated rings. The largest absolute Gasteiger partial charge is 0.373 e. The highest BCUT2D eigenvalue weighted by Gasteiger charge is 2.25. The maximum absolute atomic E-state index is 11.8. The van der Waals surface area contributed by atoms with Gasteiger partial charge in [-0.1, -0.05) is 13.0 Å². The van der Waals surface area contributed by atoms with E-state index >= 15 is 0 Å². The number of aromatic nitrogens is 3. The number of nitrogens with zero attached hydrogens (tertiary/aromatic N) is 4. The molecule has 0 aliphatic carbocycles. The van der Waals surface area contributed by atoms with Gasteiger partial charge in [0.15, 0.2) is 9.84 Å². The van der Waals surface area contributed by atoms with E-state index in [4.69, 9.17) is 4.74 Å². The Morgan fingerprint density at radius 3 is 2.96 bits per heavy atom. The Hall–Kier alpha value is -1.77. The summed E-state index contributed by atoms with van der Waals surface area (Å²) < 4.78 is 31.6. The molecule has 3 rings (SSSR count). The second-order valence-corrected chi connectivity index (χ2v) is 9.18. The summed E-state index contributed by atoms with van der Waals surface area (Å²) in [6, 6.07) is 6.02. The quantitative estimate of drug-likeness (QED) is 0.694. The molecule has 1 atom stereocenters. The molecular weight excluding hydrogens is 352 g/mol. The number of hydrogen-bond donors (Lipinski definition) is 0. The van der Waals surface area contributed by atoms with Crippen molar-refractivity contribution in [3.63, 3.8) is 0 Å². The lowest BCUT2D eigenvalue weighted by molar-refractivity contribution is 0.0606. The predicted octanol–water partition coefficient (Wildman–Crippen LogP) is 1.59. The van der Waals surface area contributed by atoms with Gasteiger partial charge in [-0.05, 0) is 19.1 Å². The van der Waals surface area contributed by atoms with Gasteiger partial charge in [0, 0.05) is 37.3 Å². The second-order valence-electron chi connectivity index (χ2n) is 6.70. The Kier molecular flexibility index (Phi) is 6.05. The van der Waals surface area contributed by atoms with Gasteiger partial charge in [-0.15, -0.1) is 0 Å². The van der Waals surface area contributed by atoms with Crippen LogP contribution in [0.2, 0.25) is 0 Å². The van der Waals surface area contributed by atoms with Crippen LogP contribution in [-0.4, -0.2) is 59.1 Å². The molecule has 142 valence electrons. The van der Waals surface area contributed by atoms with Crippen molar-refractivity contribution in [2.24, 2.45) is 0 Å². The second kappa shape index (κ2) is 8.28. The zero-order valence-corrected chi connectivity index (χ0v) is 16.2. The van der Waals surface area contributed by atoms with Gasteiger partial charge < -0.3 is 9.30 Å². The smallest absolute Gasteiger partial charge is 0.151 e. The third-order valence-electron chi connectivity index (χ3n) is 4.66. The minimum Gasteiger partial charge on any atom is -0.373 e. The van der Waals surface area contributed by atoms with Gasteiger partial charge >= 0.3 is 0 Å². The monoisotopic (exact) mass is 378 g/mol. The molecule has 0 aromatic carbocycles. The predicted molar refractivity (Wildman–Crippen MR) is 99.5 cm³/mol. The van der Waals surface area contributed by atoms with Crippen molar-refractivity contribution in [1.29, 1.82) is 0 Å². The first-order valence-corrected chi connectivity index (χ1v) is 10.7.